The highest BCUT2D eigenvalue weighted by molar-refractivity contribution is 5.85. The Kier molecular flexibility index (Phi) is 9.86. The van der Waals surface area contributed by atoms with E-state index in [0.717, 1.165) is 51.6 Å². The van der Waals surface area contributed by atoms with E-state index in [1.807, 2.05) is 0 Å². The maximum absolute atomic E-state index is 12.0. The number of halogens is 2. The highest BCUT2D eigenvalue weighted by atomic mass is 35.5. The van der Waals surface area contributed by atoms with Gasteiger partial charge in [-0.15, -0.1) is 24.8 Å². The molecule has 0 unspecified atom stereocenters. The standard InChI is InChI=1S/C16H29N3O3.2ClH/c20-15-13(19-12-5-7-17-8-6-12)10-22-14(15)9-18-16(21)11-3-1-2-4-11;;/h11-15,17,19-20H,1-10H2,(H,18,21);2*1H/t13-,14-,15+;;/m1../s1. The molecule has 0 bridgehead atoms. The summed E-state index contributed by atoms with van der Waals surface area (Å²) in [6.45, 7) is 3.00. The number of aliphatic hydroxyl groups excluding tert-OH is 1. The molecule has 142 valence electrons. The number of rotatable bonds is 5. The van der Waals surface area contributed by atoms with Crippen LogP contribution in [0.15, 0.2) is 0 Å². The Hall–Kier alpha value is -0.110. The molecule has 8 heteroatoms. The third-order valence-electron chi connectivity index (χ3n) is 5.28. The summed E-state index contributed by atoms with van der Waals surface area (Å²) < 4.78 is 5.69. The van der Waals surface area contributed by atoms with Crippen molar-refractivity contribution in [2.45, 2.75) is 62.8 Å². The molecule has 2 aliphatic heterocycles. The molecule has 0 aromatic heterocycles. The van der Waals surface area contributed by atoms with Gasteiger partial charge in [0.05, 0.1) is 18.8 Å². The number of aliphatic hydroxyl groups is 1. The van der Waals surface area contributed by atoms with Crippen molar-refractivity contribution < 1.29 is 14.6 Å². The van der Waals surface area contributed by atoms with E-state index in [-0.39, 0.29) is 48.8 Å². The summed E-state index contributed by atoms with van der Waals surface area (Å²) in [5, 5.41) is 20.2. The molecule has 3 aliphatic rings. The Morgan fingerprint density at radius 3 is 2.46 bits per heavy atom. The van der Waals surface area contributed by atoms with Crippen LogP contribution in [0.25, 0.3) is 0 Å². The molecule has 24 heavy (non-hydrogen) atoms. The topological polar surface area (TPSA) is 82.6 Å². The van der Waals surface area contributed by atoms with Gasteiger partial charge in [-0.1, -0.05) is 12.8 Å². The summed E-state index contributed by atoms with van der Waals surface area (Å²) in [6, 6.07) is 0.438. The van der Waals surface area contributed by atoms with Crippen LogP contribution in [0.3, 0.4) is 0 Å². The normalized spacial score (nSPS) is 31.3. The van der Waals surface area contributed by atoms with E-state index in [0.29, 0.717) is 19.2 Å². The number of amides is 1. The number of nitrogens with one attached hydrogen (secondary N) is 3. The molecule has 3 fully saturated rings. The molecule has 1 aliphatic carbocycles. The average molecular weight is 384 g/mol. The van der Waals surface area contributed by atoms with Crippen LogP contribution in [0, 0.1) is 5.92 Å². The molecule has 1 saturated carbocycles. The van der Waals surface area contributed by atoms with Crippen LogP contribution >= 0.6 is 24.8 Å². The summed E-state index contributed by atoms with van der Waals surface area (Å²) in [6.07, 6.45) is 5.66. The number of hydrogen-bond donors (Lipinski definition) is 4. The fourth-order valence-corrected chi connectivity index (χ4v) is 3.83. The van der Waals surface area contributed by atoms with Gasteiger partial charge in [-0.3, -0.25) is 4.79 Å². The monoisotopic (exact) mass is 383 g/mol. The second kappa shape index (κ2) is 10.8. The first-order valence-electron chi connectivity index (χ1n) is 8.78. The number of carbonyl (C=O) groups is 1. The first-order chi connectivity index (χ1) is 10.7. The zero-order chi connectivity index (χ0) is 15.4. The summed E-state index contributed by atoms with van der Waals surface area (Å²) in [4.78, 5) is 12.0. The van der Waals surface area contributed by atoms with Gasteiger partial charge in [-0.05, 0) is 38.8 Å². The van der Waals surface area contributed by atoms with E-state index in [4.69, 9.17) is 4.74 Å². The zero-order valence-corrected chi connectivity index (χ0v) is 15.7. The Morgan fingerprint density at radius 2 is 1.79 bits per heavy atom. The highest BCUT2D eigenvalue weighted by Crippen LogP contribution is 2.24. The number of ether oxygens (including phenoxy) is 1. The Morgan fingerprint density at radius 1 is 1.12 bits per heavy atom. The van der Waals surface area contributed by atoms with Crippen molar-refractivity contribution in [3.63, 3.8) is 0 Å². The molecular formula is C16H31Cl2N3O3. The van der Waals surface area contributed by atoms with Gasteiger partial charge in [0.15, 0.2) is 0 Å². The molecule has 3 rings (SSSR count). The maximum atomic E-state index is 12.0. The van der Waals surface area contributed by atoms with E-state index in [1.54, 1.807) is 0 Å². The molecule has 3 atom stereocenters. The molecule has 2 heterocycles. The van der Waals surface area contributed by atoms with E-state index < -0.39 is 6.10 Å². The Bertz CT molecular complexity index is 378. The van der Waals surface area contributed by atoms with E-state index in [9.17, 15) is 9.90 Å². The third kappa shape index (κ3) is 5.71. The minimum Gasteiger partial charge on any atom is -0.389 e. The lowest BCUT2D eigenvalue weighted by Gasteiger charge is -2.28. The van der Waals surface area contributed by atoms with Crippen molar-refractivity contribution in [1.29, 1.82) is 0 Å². The minimum absolute atomic E-state index is 0. The zero-order valence-electron chi connectivity index (χ0n) is 14.0. The molecule has 4 N–H and O–H groups in total. The quantitative estimate of drug-likeness (QED) is 0.558. The lowest BCUT2D eigenvalue weighted by Crippen LogP contribution is -2.51. The third-order valence-corrected chi connectivity index (χ3v) is 5.28. The molecule has 2 saturated heterocycles. The van der Waals surface area contributed by atoms with Crippen LogP contribution in [0.2, 0.25) is 0 Å². The van der Waals surface area contributed by atoms with Gasteiger partial charge in [0, 0.05) is 18.5 Å². The van der Waals surface area contributed by atoms with Crippen molar-refractivity contribution in [2.24, 2.45) is 5.92 Å². The van der Waals surface area contributed by atoms with Crippen molar-refractivity contribution >= 4 is 30.7 Å². The van der Waals surface area contributed by atoms with Crippen LogP contribution in [0.1, 0.15) is 38.5 Å². The second-order valence-electron chi connectivity index (χ2n) is 6.89. The summed E-state index contributed by atoms with van der Waals surface area (Å²) in [5.41, 5.74) is 0. The molecular weight excluding hydrogens is 353 g/mol. The lowest BCUT2D eigenvalue weighted by molar-refractivity contribution is -0.125. The molecule has 0 aromatic rings. The second-order valence-corrected chi connectivity index (χ2v) is 6.89. The SMILES string of the molecule is Cl.Cl.O=C(NC[C@H]1OC[C@@H](NC2CCNCC2)[C@@H]1O)C1CCCC1. The van der Waals surface area contributed by atoms with Gasteiger partial charge in [-0.25, -0.2) is 0 Å². The van der Waals surface area contributed by atoms with E-state index in [1.165, 1.54) is 0 Å². The first kappa shape index (κ1) is 21.9. The summed E-state index contributed by atoms with van der Waals surface area (Å²) in [7, 11) is 0. The Balaban J connectivity index is 0.00000144. The van der Waals surface area contributed by atoms with Crippen LogP contribution in [-0.4, -0.2) is 61.5 Å². The predicted molar refractivity (Wildman–Crippen MR) is 98.0 cm³/mol. The summed E-state index contributed by atoms with van der Waals surface area (Å²) >= 11 is 0. The average Bonchev–Trinajstić information content (AvgIpc) is 3.18. The van der Waals surface area contributed by atoms with Gasteiger partial charge in [0.1, 0.15) is 6.10 Å². The van der Waals surface area contributed by atoms with Crippen molar-refractivity contribution in [2.75, 3.05) is 26.2 Å². The van der Waals surface area contributed by atoms with E-state index >= 15 is 0 Å². The van der Waals surface area contributed by atoms with Crippen LogP contribution in [0.5, 0.6) is 0 Å². The molecule has 0 spiro atoms. The fraction of sp³-hybridized carbons (Fsp3) is 0.938. The van der Waals surface area contributed by atoms with Gasteiger partial charge < -0.3 is 25.8 Å². The Labute approximate surface area is 156 Å². The largest absolute Gasteiger partial charge is 0.389 e. The van der Waals surface area contributed by atoms with Gasteiger partial charge in [0.2, 0.25) is 5.91 Å². The lowest BCUT2D eigenvalue weighted by atomic mass is 10.0. The van der Waals surface area contributed by atoms with Crippen LogP contribution in [0.4, 0.5) is 0 Å². The van der Waals surface area contributed by atoms with Crippen molar-refractivity contribution in [3.05, 3.63) is 0 Å². The number of hydrogen-bond acceptors (Lipinski definition) is 5. The van der Waals surface area contributed by atoms with E-state index in [2.05, 4.69) is 16.0 Å². The molecule has 0 radical (unpaired) electrons. The molecule has 6 nitrogen and oxygen atoms in total. The maximum Gasteiger partial charge on any atom is 0.223 e. The minimum atomic E-state index is -0.543. The van der Waals surface area contributed by atoms with Crippen LogP contribution in [-0.2, 0) is 9.53 Å². The molecule has 0 aromatic carbocycles. The molecule has 1 amide bonds. The number of carbonyl (C=O) groups excluding carboxylic acids is 1. The first-order valence-corrected chi connectivity index (χ1v) is 8.78. The van der Waals surface area contributed by atoms with Gasteiger partial charge >= 0.3 is 0 Å². The van der Waals surface area contributed by atoms with Gasteiger partial charge in [-0.2, -0.15) is 0 Å². The predicted octanol–water partition coefficient (Wildman–Crippen LogP) is 0.606. The number of piperidine rings is 1. The smallest absolute Gasteiger partial charge is 0.223 e. The summed E-state index contributed by atoms with van der Waals surface area (Å²) in [5.74, 6) is 0.297. The fourth-order valence-electron chi connectivity index (χ4n) is 3.83. The van der Waals surface area contributed by atoms with Crippen LogP contribution < -0.4 is 16.0 Å². The van der Waals surface area contributed by atoms with Crippen molar-refractivity contribution in [3.8, 4) is 0 Å². The van der Waals surface area contributed by atoms with Crippen molar-refractivity contribution in [1.82, 2.24) is 16.0 Å². The van der Waals surface area contributed by atoms with Gasteiger partial charge in [0.25, 0.3) is 0 Å². The highest BCUT2D eigenvalue weighted by Gasteiger charge is 2.37.